The normalized spacial score (nSPS) is 18.5. The van der Waals surface area contributed by atoms with Crippen LogP contribution in [0.4, 0.5) is 0 Å². The van der Waals surface area contributed by atoms with Crippen molar-refractivity contribution in [2.75, 3.05) is 14.2 Å². The number of phenolic OH excluding ortho intramolecular Hbond substituents is 3. The number of aromatic amines is 1. The van der Waals surface area contributed by atoms with Crippen molar-refractivity contribution in [3.8, 4) is 28.4 Å². The van der Waals surface area contributed by atoms with Gasteiger partial charge in [-0.25, -0.2) is 0 Å². The third-order valence-corrected chi connectivity index (χ3v) is 8.79. The first kappa shape index (κ1) is 27.8. The number of ether oxygens (including phenoxy) is 1. The molecule has 1 aromatic heterocycles. The fourth-order valence-corrected chi connectivity index (χ4v) is 6.97. The summed E-state index contributed by atoms with van der Waals surface area (Å²) in [5, 5.41) is 38.2. The van der Waals surface area contributed by atoms with Crippen molar-refractivity contribution in [1.29, 1.82) is 0 Å². The van der Waals surface area contributed by atoms with Gasteiger partial charge in [-0.15, -0.1) is 0 Å². The molecule has 0 bridgehead atoms. The fourth-order valence-electron chi connectivity index (χ4n) is 6.97. The summed E-state index contributed by atoms with van der Waals surface area (Å²) in [5.41, 5.74) is -3.88. The van der Waals surface area contributed by atoms with E-state index in [1.807, 2.05) is 0 Å². The molecule has 0 amide bonds. The molecule has 0 fully saturated rings. The van der Waals surface area contributed by atoms with Crippen LogP contribution < -0.4 is 5.56 Å². The second kappa shape index (κ2) is 9.48. The Balaban J connectivity index is 1.56. The molecule has 3 aliphatic carbocycles. The molecule has 0 saturated heterocycles. The number of allylic oxidation sites excluding steroid dienone is 2. The summed E-state index contributed by atoms with van der Waals surface area (Å²) in [5.74, 6) is -6.78. The monoisotopic (exact) mass is 606 g/mol. The zero-order chi connectivity index (χ0) is 31.9. The first-order valence-corrected chi connectivity index (χ1v) is 13.7. The number of ketones is 4. The Morgan fingerprint density at radius 3 is 2.18 bits per heavy atom. The molecular weight excluding hydrogens is 584 g/mol. The highest BCUT2D eigenvalue weighted by atomic mass is 16.6. The van der Waals surface area contributed by atoms with Gasteiger partial charge in [0, 0.05) is 17.0 Å². The molecule has 1 spiro atoms. The molecule has 224 valence electrons. The number of nitrogens with one attached hydrogen (secondary N) is 1. The lowest BCUT2D eigenvalue weighted by Crippen LogP contribution is -2.36. The molecule has 7 rings (SSSR count). The molecule has 4 aromatic rings. The zero-order valence-corrected chi connectivity index (χ0v) is 23.7. The smallest absolute Gasteiger partial charge is 0.260 e. The molecule has 12 nitrogen and oxygen atoms in total. The van der Waals surface area contributed by atoms with Gasteiger partial charge in [0.25, 0.3) is 5.56 Å². The first-order chi connectivity index (χ1) is 21.6. The third kappa shape index (κ3) is 3.41. The van der Waals surface area contributed by atoms with Crippen molar-refractivity contribution in [2.45, 2.75) is 18.3 Å². The number of methoxy groups -OCH3 is 1. The largest absolute Gasteiger partial charge is 0.507 e. The summed E-state index contributed by atoms with van der Waals surface area (Å²) in [7, 11) is 2.47. The zero-order valence-electron chi connectivity index (χ0n) is 23.7. The van der Waals surface area contributed by atoms with Gasteiger partial charge in [-0.05, 0) is 35.6 Å². The Hall–Kier alpha value is -6.04. The van der Waals surface area contributed by atoms with Gasteiger partial charge in [0.2, 0.25) is 5.78 Å². The highest BCUT2D eigenvalue weighted by Crippen LogP contribution is 2.59. The lowest BCUT2D eigenvalue weighted by atomic mass is 9.75. The van der Waals surface area contributed by atoms with Crippen LogP contribution in [0.3, 0.4) is 0 Å². The number of aromatic hydroxyl groups is 3. The molecule has 1 heterocycles. The van der Waals surface area contributed by atoms with Gasteiger partial charge in [0.05, 0.1) is 46.7 Å². The van der Waals surface area contributed by atoms with E-state index in [0.29, 0.717) is 22.1 Å². The van der Waals surface area contributed by atoms with Crippen LogP contribution in [0.25, 0.3) is 21.9 Å². The maximum atomic E-state index is 14.4. The maximum absolute atomic E-state index is 14.4. The Labute approximate surface area is 252 Å². The molecule has 3 aromatic carbocycles. The lowest BCUT2D eigenvalue weighted by Gasteiger charge is -2.24. The van der Waals surface area contributed by atoms with Crippen LogP contribution in [0.5, 0.6) is 17.2 Å². The summed E-state index contributed by atoms with van der Waals surface area (Å²) >= 11 is 0. The quantitative estimate of drug-likeness (QED) is 0.116. The highest BCUT2D eigenvalue weighted by molar-refractivity contribution is 6.39. The number of aromatic nitrogens is 1. The second-order valence-electron chi connectivity index (χ2n) is 10.9. The molecule has 4 N–H and O–H groups in total. The third-order valence-electron chi connectivity index (χ3n) is 8.79. The van der Waals surface area contributed by atoms with Crippen molar-refractivity contribution in [3.05, 3.63) is 97.7 Å². The molecular formula is C33H22N2O10. The summed E-state index contributed by atoms with van der Waals surface area (Å²) in [6, 6.07) is 10.5. The number of nitrogens with zero attached hydrogens (tertiary/aromatic N) is 1. The Bertz CT molecular complexity index is 2210. The van der Waals surface area contributed by atoms with Crippen LogP contribution in [0.15, 0.2) is 58.2 Å². The molecule has 1 unspecified atom stereocenters. The average Bonchev–Trinajstić information content (AvgIpc) is 3.53. The summed E-state index contributed by atoms with van der Waals surface area (Å²) in [4.78, 5) is 75.7. The topological polar surface area (TPSA) is 193 Å². The van der Waals surface area contributed by atoms with Crippen LogP contribution in [0.2, 0.25) is 0 Å². The highest BCUT2D eigenvalue weighted by Gasteiger charge is 2.62. The van der Waals surface area contributed by atoms with E-state index in [1.54, 1.807) is 36.4 Å². The van der Waals surface area contributed by atoms with Gasteiger partial charge in [0.15, 0.2) is 23.1 Å². The van der Waals surface area contributed by atoms with Crippen molar-refractivity contribution in [2.24, 2.45) is 5.16 Å². The van der Waals surface area contributed by atoms with Crippen molar-refractivity contribution < 1.29 is 44.1 Å². The van der Waals surface area contributed by atoms with Gasteiger partial charge in [0.1, 0.15) is 29.8 Å². The molecule has 0 aliphatic heterocycles. The molecule has 3 aliphatic rings. The number of oxime groups is 1. The number of carbonyl (C=O) groups excluding carboxylic acids is 4. The van der Waals surface area contributed by atoms with Crippen LogP contribution >= 0.6 is 0 Å². The minimum absolute atomic E-state index is 0.0807. The summed E-state index contributed by atoms with van der Waals surface area (Å²) in [6.07, 6.45) is 1.99. The van der Waals surface area contributed by atoms with Crippen LogP contribution in [0.1, 0.15) is 64.7 Å². The van der Waals surface area contributed by atoms with E-state index in [1.165, 1.54) is 13.3 Å². The molecule has 12 heteroatoms. The number of hydrogen-bond donors (Lipinski definition) is 4. The van der Waals surface area contributed by atoms with Crippen molar-refractivity contribution in [1.82, 2.24) is 4.98 Å². The minimum Gasteiger partial charge on any atom is -0.507 e. The van der Waals surface area contributed by atoms with Crippen molar-refractivity contribution >= 4 is 40.1 Å². The number of phenols is 3. The Morgan fingerprint density at radius 2 is 1.53 bits per heavy atom. The molecule has 0 radical (unpaired) electrons. The Morgan fingerprint density at radius 1 is 0.867 bits per heavy atom. The van der Waals surface area contributed by atoms with E-state index < -0.39 is 79.4 Å². The number of rotatable bonds is 4. The predicted octanol–water partition coefficient (Wildman–Crippen LogP) is 3.46. The van der Waals surface area contributed by atoms with Crippen LogP contribution in [0, 0.1) is 0 Å². The van der Waals surface area contributed by atoms with Crippen LogP contribution in [-0.4, -0.2) is 63.9 Å². The van der Waals surface area contributed by atoms with Gasteiger partial charge >= 0.3 is 0 Å². The van der Waals surface area contributed by atoms with E-state index in [2.05, 4.69) is 10.1 Å². The fraction of sp³-hybridized carbons (Fsp3) is 0.152. The second-order valence-corrected chi connectivity index (χ2v) is 10.9. The van der Waals surface area contributed by atoms with E-state index in [-0.39, 0.29) is 29.5 Å². The lowest BCUT2D eigenvalue weighted by molar-refractivity contribution is 0.0790. The number of hydrogen-bond acceptors (Lipinski definition) is 11. The number of benzene rings is 3. The van der Waals surface area contributed by atoms with Gasteiger partial charge < -0.3 is 29.9 Å². The standard InChI is InChI=1S/C33H22N2O10/c1-44-18-11-17(36)21-22(26(18)37)28(39)24-23(27(21)38)30(41)33(31(24)42)9-8-15-19(13-6-4-3-5-7-13)16-10-14(12-34-45-2)35-32(43)20(16)29(40)25(15)33/h3-7,10-12,38-40H,8-9H2,1-2H3,(H,35,43)/b34-12+. The minimum atomic E-state index is -2.18. The average molecular weight is 607 g/mol. The number of H-pyrrole nitrogens is 1. The molecule has 45 heavy (non-hydrogen) atoms. The number of Topliss-reactive ketones (excluding diaryl/α,β-unsaturated/α-hetero) is 3. The van der Waals surface area contributed by atoms with E-state index >= 15 is 0 Å². The first-order valence-electron chi connectivity index (χ1n) is 13.7. The van der Waals surface area contributed by atoms with Crippen LogP contribution in [-0.2, 0) is 21.4 Å². The number of carbonyl (C=O) groups is 4. The van der Waals surface area contributed by atoms with E-state index in [4.69, 9.17) is 9.57 Å². The van der Waals surface area contributed by atoms with Gasteiger partial charge in [-0.1, -0.05) is 35.5 Å². The Kier molecular flexibility index (Phi) is 5.85. The van der Waals surface area contributed by atoms with E-state index in [0.717, 1.165) is 13.2 Å². The van der Waals surface area contributed by atoms with E-state index in [9.17, 15) is 39.3 Å². The SMILES string of the molecule is CO/N=C/c1cc2c(-c3ccccc3)c3c(c(O)c2c(=O)[nH]1)C1(CC3)C(=O)c2c(O)c3c(c(O)c2C1=O)C(=O)C(OC)=CC3=O. The molecule has 1 atom stereocenters. The summed E-state index contributed by atoms with van der Waals surface area (Å²) < 4.78 is 4.95. The number of fused-ring (bicyclic) bond motifs is 5. The predicted molar refractivity (Wildman–Crippen MR) is 158 cm³/mol. The summed E-state index contributed by atoms with van der Waals surface area (Å²) in [6.45, 7) is 0. The number of pyridine rings is 1. The van der Waals surface area contributed by atoms with Crippen molar-refractivity contribution in [3.63, 3.8) is 0 Å². The van der Waals surface area contributed by atoms with Gasteiger partial charge in [-0.3, -0.25) is 24.0 Å². The molecule has 0 saturated carbocycles. The van der Waals surface area contributed by atoms with Gasteiger partial charge in [-0.2, -0.15) is 0 Å². The maximum Gasteiger partial charge on any atom is 0.260 e.